The molecule has 3 heterocycles. The van der Waals surface area contributed by atoms with Crippen molar-refractivity contribution in [3.8, 4) is 0 Å². The Morgan fingerprint density at radius 3 is 2.78 bits per heavy atom. The van der Waals surface area contributed by atoms with E-state index in [-0.39, 0.29) is 17.6 Å². The summed E-state index contributed by atoms with van der Waals surface area (Å²) in [7, 11) is 0. The fourth-order valence-corrected chi connectivity index (χ4v) is 2.86. The molecule has 0 saturated carbocycles. The van der Waals surface area contributed by atoms with E-state index >= 15 is 0 Å². The number of ether oxygens (including phenoxy) is 1. The average molecular weight is 318 g/mol. The van der Waals surface area contributed by atoms with E-state index in [0.717, 1.165) is 32.0 Å². The zero-order chi connectivity index (χ0) is 16.4. The lowest BCUT2D eigenvalue weighted by Gasteiger charge is -2.37. The number of morpholine rings is 1. The van der Waals surface area contributed by atoms with Crippen LogP contribution in [0.4, 0.5) is 0 Å². The quantitative estimate of drug-likeness (QED) is 0.812. The number of hydrogen-bond donors (Lipinski definition) is 2. The minimum atomic E-state index is -0.0457. The highest BCUT2D eigenvalue weighted by Crippen LogP contribution is 2.27. The van der Waals surface area contributed by atoms with Crippen molar-refractivity contribution in [3.05, 3.63) is 35.8 Å². The van der Waals surface area contributed by atoms with Crippen molar-refractivity contribution in [2.45, 2.75) is 27.1 Å². The average Bonchev–Trinajstić information content (AvgIpc) is 2.92. The van der Waals surface area contributed by atoms with Gasteiger partial charge in [0.05, 0.1) is 18.9 Å². The zero-order valence-corrected chi connectivity index (χ0v) is 14.1. The van der Waals surface area contributed by atoms with Gasteiger partial charge in [-0.25, -0.2) is 0 Å². The minimum Gasteiger partial charge on any atom is -0.379 e. The number of allylic oxidation sites excluding steroid dienone is 3. The number of carbonyl (C=O) groups excluding carboxylic acids is 1. The Bertz CT molecular complexity index is 553. The predicted molar refractivity (Wildman–Crippen MR) is 88.9 cm³/mol. The van der Waals surface area contributed by atoms with Crippen LogP contribution in [-0.4, -0.2) is 54.8 Å². The summed E-state index contributed by atoms with van der Waals surface area (Å²) in [6.45, 7) is 10.1. The largest absolute Gasteiger partial charge is 0.379 e. The highest BCUT2D eigenvalue weighted by atomic mass is 16.5. The van der Waals surface area contributed by atoms with Crippen molar-refractivity contribution in [2.24, 2.45) is 5.41 Å². The lowest BCUT2D eigenvalue weighted by Crippen LogP contribution is -2.54. The van der Waals surface area contributed by atoms with Gasteiger partial charge in [-0.1, -0.05) is 26.8 Å². The van der Waals surface area contributed by atoms with Gasteiger partial charge in [-0.15, -0.1) is 0 Å². The normalized spacial score (nSPS) is 24.7. The monoisotopic (exact) mass is 318 g/mol. The lowest BCUT2D eigenvalue weighted by atomic mass is 9.97. The molecule has 1 atom stereocenters. The van der Waals surface area contributed by atoms with Crippen LogP contribution in [-0.2, 0) is 9.53 Å². The van der Waals surface area contributed by atoms with E-state index in [4.69, 9.17) is 4.74 Å². The van der Waals surface area contributed by atoms with E-state index in [1.807, 2.05) is 24.4 Å². The summed E-state index contributed by atoms with van der Waals surface area (Å²) in [5, 5.41) is 6.43. The number of amides is 1. The van der Waals surface area contributed by atoms with Gasteiger partial charge < -0.3 is 20.3 Å². The molecular weight excluding hydrogens is 292 g/mol. The van der Waals surface area contributed by atoms with Crippen molar-refractivity contribution >= 4 is 5.91 Å². The number of carbonyl (C=O) groups is 1. The van der Waals surface area contributed by atoms with Crippen molar-refractivity contribution in [1.82, 2.24) is 20.4 Å². The fraction of sp³-hybridized carbons (Fsp3) is 0.588. The van der Waals surface area contributed by atoms with Gasteiger partial charge in [0.2, 0.25) is 0 Å². The summed E-state index contributed by atoms with van der Waals surface area (Å²) in [6.07, 6.45) is 7.94. The van der Waals surface area contributed by atoms with Gasteiger partial charge in [-0.2, -0.15) is 0 Å². The molecule has 1 unspecified atom stereocenters. The molecule has 23 heavy (non-hydrogen) atoms. The van der Waals surface area contributed by atoms with Crippen molar-refractivity contribution in [3.63, 3.8) is 0 Å². The maximum Gasteiger partial charge on any atom is 0.269 e. The summed E-state index contributed by atoms with van der Waals surface area (Å²) >= 11 is 0. The topological polar surface area (TPSA) is 56.8 Å². The molecule has 126 valence electrons. The molecule has 0 aromatic carbocycles. The maximum absolute atomic E-state index is 12.6. The third-order valence-electron chi connectivity index (χ3n) is 4.08. The van der Waals surface area contributed by atoms with E-state index in [9.17, 15) is 4.79 Å². The van der Waals surface area contributed by atoms with Gasteiger partial charge in [-0.3, -0.25) is 9.69 Å². The smallest absolute Gasteiger partial charge is 0.269 e. The van der Waals surface area contributed by atoms with Gasteiger partial charge in [-0.05, 0) is 17.6 Å². The second kappa shape index (κ2) is 6.37. The molecule has 1 fully saturated rings. The molecule has 3 rings (SSSR count). The molecule has 6 heteroatoms. The van der Waals surface area contributed by atoms with Crippen molar-refractivity contribution < 1.29 is 9.53 Å². The third-order valence-corrected chi connectivity index (χ3v) is 4.08. The summed E-state index contributed by atoms with van der Waals surface area (Å²) < 4.78 is 5.43. The highest BCUT2D eigenvalue weighted by Gasteiger charge is 2.37. The molecule has 0 aromatic rings. The van der Waals surface area contributed by atoms with Crippen LogP contribution in [0, 0.1) is 5.41 Å². The highest BCUT2D eigenvalue weighted by molar-refractivity contribution is 5.94. The third kappa shape index (κ3) is 3.59. The first-order chi connectivity index (χ1) is 11.0. The van der Waals surface area contributed by atoms with Gasteiger partial charge >= 0.3 is 0 Å². The van der Waals surface area contributed by atoms with Crippen LogP contribution < -0.4 is 10.6 Å². The zero-order valence-electron chi connectivity index (χ0n) is 14.1. The van der Waals surface area contributed by atoms with Gasteiger partial charge in [0.1, 0.15) is 5.70 Å². The Morgan fingerprint density at radius 1 is 1.35 bits per heavy atom. The molecule has 0 radical (unpaired) electrons. The molecule has 0 bridgehead atoms. The van der Waals surface area contributed by atoms with Crippen LogP contribution in [0.25, 0.3) is 0 Å². The number of hydrogen-bond acceptors (Lipinski definition) is 5. The predicted octanol–water partition coefficient (Wildman–Crippen LogP) is 0.965. The summed E-state index contributed by atoms with van der Waals surface area (Å²) in [5.74, 6) is -0.0457. The van der Waals surface area contributed by atoms with Gasteiger partial charge in [0.25, 0.3) is 5.91 Å². The fourth-order valence-electron chi connectivity index (χ4n) is 2.86. The first-order valence-corrected chi connectivity index (χ1v) is 8.20. The Balaban J connectivity index is 1.75. The Labute approximate surface area is 137 Å². The Hall–Kier alpha value is -1.79. The van der Waals surface area contributed by atoms with E-state index in [2.05, 4.69) is 41.2 Å². The standard InChI is InChI=1S/C17H26N4O2/c1-17(2,3)12-18-15(22)14-13-6-4-5-7-21(13)16(19-14)20-8-10-23-11-9-20/h4-7,16,19H,8-12H2,1-3H3,(H,18,22). The molecule has 1 saturated heterocycles. The molecule has 6 nitrogen and oxygen atoms in total. The Kier molecular flexibility index (Phi) is 4.46. The van der Waals surface area contributed by atoms with Crippen molar-refractivity contribution in [1.29, 1.82) is 0 Å². The first kappa shape index (κ1) is 16.1. The molecule has 1 amide bonds. The molecular formula is C17H26N4O2. The van der Waals surface area contributed by atoms with Gasteiger partial charge in [0.15, 0.2) is 6.29 Å². The van der Waals surface area contributed by atoms with E-state index in [0.29, 0.717) is 12.2 Å². The van der Waals surface area contributed by atoms with Gasteiger partial charge in [0, 0.05) is 25.8 Å². The second-order valence-electron chi connectivity index (χ2n) is 7.28. The molecule has 0 spiro atoms. The summed E-state index contributed by atoms with van der Waals surface area (Å²) in [5.41, 5.74) is 1.63. The number of rotatable bonds is 3. The molecule has 0 aromatic heterocycles. The molecule has 3 aliphatic heterocycles. The van der Waals surface area contributed by atoms with Crippen LogP contribution in [0.15, 0.2) is 35.8 Å². The van der Waals surface area contributed by atoms with Crippen LogP contribution in [0.3, 0.4) is 0 Å². The maximum atomic E-state index is 12.6. The number of fused-ring (bicyclic) bond motifs is 1. The van der Waals surface area contributed by atoms with Crippen LogP contribution in [0.2, 0.25) is 0 Å². The van der Waals surface area contributed by atoms with Crippen LogP contribution >= 0.6 is 0 Å². The van der Waals surface area contributed by atoms with E-state index < -0.39 is 0 Å². The van der Waals surface area contributed by atoms with E-state index in [1.54, 1.807) is 0 Å². The summed E-state index contributed by atoms with van der Waals surface area (Å²) in [6, 6.07) is 0. The second-order valence-corrected chi connectivity index (χ2v) is 7.28. The molecule has 2 N–H and O–H groups in total. The van der Waals surface area contributed by atoms with Crippen LogP contribution in [0.5, 0.6) is 0 Å². The number of nitrogens with zero attached hydrogens (tertiary/aromatic N) is 2. The van der Waals surface area contributed by atoms with E-state index in [1.165, 1.54) is 0 Å². The molecule has 0 aliphatic carbocycles. The first-order valence-electron chi connectivity index (χ1n) is 8.20. The number of nitrogens with one attached hydrogen (secondary N) is 2. The minimum absolute atomic E-state index is 0.0227. The Morgan fingerprint density at radius 2 is 2.09 bits per heavy atom. The van der Waals surface area contributed by atoms with Crippen LogP contribution in [0.1, 0.15) is 20.8 Å². The molecule has 3 aliphatic rings. The SMILES string of the molecule is CC(C)(C)CNC(=O)C1=C2C=CC=CN2C(N2CCOCC2)N1. The summed E-state index contributed by atoms with van der Waals surface area (Å²) in [4.78, 5) is 17.0. The van der Waals surface area contributed by atoms with Crippen molar-refractivity contribution in [2.75, 3.05) is 32.8 Å². The lowest BCUT2D eigenvalue weighted by molar-refractivity contribution is -0.118.